The molecule has 4 unspecified atom stereocenters. The summed E-state index contributed by atoms with van der Waals surface area (Å²) in [6, 6.07) is 1.44. The molecule has 0 aromatic rings. The van der Waals surface area contributed by atoms with Gasteiger partial charge in [-0.1, -0.05) is 13.8 Å². The number of nitrogens with one attached hydrogen (secondary N) is 1. The van der Waals surface area contributed by atoms with Crippen molar-refractivity contribution in [1.29, 1.82) is 0 Å². The Kier molecular flexibility index (Phi) is 5.27. The van der Waals surface area contributed by atoms with E-state index in [1.54, 1.807) is 0 Å². The van der Waals surface area contributed by atoms with Crippen molar-refractivity contribution in [3.8, 4) is 0 Å². The van der Waals surface area contributed by atoms with Crippen LogP contribution in [0.25, 0.3) is 0 Å². The Morgan fingerprint density at radius 1 is 1.32 bits per heavy atom. The third-order valence-electron chi connectivity index (χ3n) is 5.42. The molecule has 2 fully saturated rings. The van der Waals surface area contributed by atoms with Crippen LogP contribution in [0.4, 0.5) is 0 Å². The lowest BCUT2D eigenvalue weighted by atomic mass is 9.86. The van der Waals surface area contributed by atoms with E-state index in [1.165, 1.54) is 45.1 Å². The molecule has 1 saturated heterocycles. The van der Waals surface area contributed by atoms with E-state index in [1.807, 2.05) is 7.11 Å². The Labute approximate surface area is 119 Å². The zero-order valence-corrected chi connectivity index (χ0v) is 13.2. The highest BCUT2D eigenvalue weighted by molar-refractivity contribution is 4.97. The lowest BCUT2D eigenvalue weighted by Crippen LogP contribution is -2.65. The quantitative estimate of drug-likeness (QED) is 0.848. The Morgan fingerprint density at radius 2 is 2.11 bits per heavy atom. The smallest absolute Gasteiger partial charge is 0.0586 e. The molecule has 1 aliphatic heterocycles. The average molecular weight is 268 g/mol. The zero-order valence-electron chi connectivity index (χ0n) is 13.2. The van der Waals surface area contributed by atoms with Gasteiger partial charge in [0.05, 0.1) is 6.10 Å². The van der Waals surface area contributed by atoms with Gasteiger partial charge in [0.1, 0.15) is 0 Å². The van der Waals surface area contributed by atoms with E-state index in [0.717, 1.165) is 12.6 Å². The Morgan fingerprint density at radius 3 is 2.74 bits per heavy atom. The maximum atomic E-state index is 5.62. The number of rotatable bonds is 4. The van der Waals surface area contributed by atoms with Crippen LogP contribution in [-0.4, -0.2) is 48.8 Å². The maximum absolute atomic E-state index is 5.62. The minimum atomic E-state index is 0.297. The topological polar surface area (TPSA) is 24.5 Å². The second-order valence-electron chi connectivity index (χ2n) is 6.71. The fourth-order valence-electron chi connectivity index (χ4n) is 3.75. The lowest BCUT2D eigenvalue weighted by molar-refractivity contribution is -0.0141. The molecule has 1 saturated carbocycles. The fourth-order valence-corrected chi connectivity index (χ4v) is 3.75. The van der Waals surface area contributed by atoms with Crippen molar-refractivity contribution in [2.24, 2.45) is 0 Å². The first-order valence-corrected chi connectivity index (χ1v) is 8.15. The molecule has 0 bridgehead atoms. The maximum Gasteiger partial charge on any atom is 0.0586 e. The Hall–Kier alpha value is -0.120. The third kappa shape index (κ3) is 3.50. The van der Waals surface area contributed by atoms with Crippen molar-refractivity contribution in [3.63, 3.8) is 0 Å². The molecule has 4 atom stereocenters. The van der Waals surface area contributed by atoms with Crippen LogP contribution in [0.2, 0.25) is 0 Å². The molecule has 3 heteroatoms. The molecule has 1 N–H and O–H groups in total. The highest BCUT2D eigenvalue weighted by Gasteiger charge is 2.38. The normalized spacial score (nSPS) is 41.4. The zero-order chi connectivity index (χ0) is 13.9. The van der Waals surface area contributed by atoms with Crippen LogP contribution in [0.15, 0.2) is 0 Å². The van der Waals surface area contributed by atoms with Gasteiger partial charge in [-0.05, 0) is 45.4 Å². The van der Waals surface area contributed by atoms with Gasteiger partial charge in [0.25, 0.3) is 0 Å². The van der Waals surface area contributed by atoms with Crippen LogP contribution in [-0.2, 0) is 4.74 Å². The summed E-state index contributed by atoms with van der Waals surface area (Å²) in [5.41, 5.74) is 0.297. The summed E-state index contributed by atoms with van der Waals surface area (Å²) in [5, 5.41) is 3.77. The second kappa shape index (κ2) is 6.55. The van der Waals surface area contributed by atoms with Gasteiger partial charge >= 0.3 is 0 Å². The summed E-state index contributed by atoms with van der Waals surface area (Å²) >= 11 is 0. The van der Waals surface area contributed by atoms with Crippen molar-refractivity contribution in [3.05, 3.63) is 0 Å². The molecule has 0 spiro atoms. The highest BCUT2D eigenvalue weighted by Crippen LogP contribution is 2.30. The summed E-state index contributed by atoms with van der Waals surface area (Å²) in [6.07, 6.45) is 8.11. The number of nitrogens with zero attached hydrogens (tertiary/aromatic N) is 1. The van der Waals surface area contributed by atoms with Crippen LogP contribution in [0, 0.1) is 0 Å². The molecule has 1 heterocycles. The second-order valence-corrected chi connectivity index (χ2v) is 6.71. The van der Waals surface area contributed by atoms with Crippen LogP contribution in [0.3, 0.4) is 0 Å². The molecular formula is C16H32N2O. The van der Waals surface area contributed by atoms with Crippen molar-refractivity contribution in [2.75, 3.05) is 20.2 Å². The highest BCUT2D eigenvalue weighted by atomic mass is 16.5. The minimum Gasteiger partial charge on any atom is -0.381 e. The number of methoxy groups -OCH3 is 1. The van der Waals surface area contributed by atoms with Gasteiger partial charge in [-0.2, -0.15) is 0 Å². The summed E-state index contributed by atoms with van der Waals surface area (Å²) in [6.45, 7) is 9.35. The number of piperazine rings is 1. The first-order chi connectivity index (χ1) is 9.11. The molecule has 2 aliphatic rings. The van der Waals surface area contributed by atoms with E-state index in [4.69, 9.17) is 4.74 Å². The molecular weight excluding hydrogens is 236 g/mol. The van der Waals surface area contributed by atoms with E-state index < -0.39 is 0 Å². The van der Waals surface area contributed by atoms with Gasteiger partial charge in [0.2, 0.25) is 0 Å². The van der Waals surface area contributed by atoms with Gasteiger partial charge in [0.15, 0.2) is 0 Å². The van der Waals surface area contributed by atoms with E-state index in [-0.39, 0.29) is 0 Å². The van der Waals surface area contributed by atoms with Crippen LogP contribution >= 0.6 is 0 Å². The first-order valence-electron chi connectivity index (χ1n) is 8.15. The van der Waals surface area contributed by atoms with Crippen molar-refractivity contribution in [1.82, 2.24) is 10.2 Å². The van der Waals surface area contributed by atoms with Crippen LogP contribution in [0.1, 0.15) is 59.3 Å². The van der Waals surface area contributed by atoms with Gasteiger partial charge in [0, 0.05) is 37.8 Å². The van der Waals surface area contributed by atoms with E-state index >= 15 is 0 Å². The van der Waals surface area contributed by atoms with Crippen molar-refractivity contribution < 1.29 is 4.74 Å². The van der Waals surface area contributed by atoms with E-state index in [0.29, 0.717) is 17.7 Å². The average Bonchev–Trinajstić information content (AvgIpc) is 2.47. The fraction of sp³-hybridized carbons (Fsp3) is 1.00. The minimum absolute atomic E-state index is 0.297. The number of hydrogen-bond acceptors (Lipinski definition) is 3. The lowest BCUT2D eigenvalue weighted by Gasteiger charge is -2.50. The molecule has 0 amide bonds. The number of hydrogen-bond donors (Lipinski definition) is 1. The van der Waals surface area contributed by atoms with Crippen LogP contribution < -0.4 is 5.32 Å². The van der Waals surface area contributed by atoms with Gasteiger partial charge in [-0.15, -0.1) is 0 Å². The monoisotopic (exact) mass is 268 g/mol. The summed E-state index contributed by atoms with van der Waals surface area (Å²) in [5.74, 6) is 0. The Bertz CT molecular complexity index is 284. The van der Waals surface area contributed by atoms with E-state index in [9.17, 15) is 0 Å². The summed E-state index contributed by atoms with van der Waals surface area (Å²) in [4.78, 5) is 2.80. The van der Waals surface area contributed by atoms with Crippen molar-refractivity contribution >= 4 is 0 Å². The summed E-state index contributed by atoms with van der Waals surface area (Å²) in [7, 11) is 1.87. The standard InChI is InChI=1S/C16H32N2O/c1-5-13-11-17-16(3,6-2)12-18(13)14-8-7-9-15(10-14)19-4/h13-15,17H,5-12H2,1-4H3. The molecule has 3 nitrogen and oxygen atoms in total. The molecule has 19 heavy (non-hydrogen) atoms. The molecule has 112 valence electrons. The molecule has 0 radical (unpaired) electrons. The number of ether oxygens (including phenoxy) is 1. The third-order valence-corrected chi connectivity index (χ3v) is 5.42. The molecule has 1 aliphatic carbocycles. The SMILES string of the molecule is CCC1CNC(C)(CC)CN1C1CCCC(OC)C1. The largest absolute Gasteiger partial charge is 0.381 e. The molecule has 0 aromatic carbocycles. The molecule has 0 aromatic heterocycles. The predicted molar refractivity (Wildman–Crippen MR) is 80.5 cm³/mol. The first kappa shape index (κ1) is 15.3. The van der Waals surface area contributed by atoms with Gasteiger partial charge < -0.3 is 10.1 Å². The summed E-state index contributed by atoms with van der Waals surface area (Å²) < 4.78 is 5.62. The predicted octanol–water partition coefficient (Wildman–Crippen LogP) is 2.80. The van der Waals surface area contributed by atoms with E-state index in [2.05, 4.69) is 31.0 Å². The molecule has 2 rings (SSSR count). The Balaban J connectivity index is 2.05. The van der Waals surface area contributed by atoms with Gasteiger partial charge in [-0.25, -0.2) is 0 Å². The van der Waals surface area contributed by atoms with Gasteiger partial charge in [-0.3, -0.25) is 4.90 Å². The van der Waals surface area contributed by atoms with Crippen molar-refractivity contribution in [2.45, 2.75) is 83.0 Å². The van der Waals surface area contributed by atoms with Crippen LogP contribution in [0.5, 0.6) is 0 Å².